The van der Waals surface area contributed by atoms with E-state index in [0.29, 0.717) is 24.5 Å². The van der Waals surface area contributed by atoms with Crippen LogP contribution in [0.1, 0.15) is 37.0 Å². The average molecular weight is 235 g/mol. The molecule has 1 unspecified atom stereocenters. The summed E-state index contributed by atoms with van der Waals surface area (Å²) in [6, 6.07) is 1.73. The van der Waals surface area contributed by atoms with Gasteiger partial charge in [0.2, 0.25) is 0 Å². The topological polar surface area (TPSA) is 48.4 Å². The van der Waals surface area contributed by atoms with Crippen LogP contribution in [0.3, 0.4) is 0 Å². The lowest BCUT2D eigenvalue weighted by Gasteiger charge is -2.21. The van der Waals surface area contributed by atoms with E-state index in [2.05, 4.69) is 4.98 Å². The second kappa shape index (κ2) is 4.84. The summed E-state index contributed by atoms with van der Waals surface area (Å²) < 4.78 is 10.9. The number of carbonyl (C=O) groups excluding carboxylic acids is 1. The lowest BCUT2D eigenvalue weighted by atomic mass is 9.93. The summed E-state index contributed by atoms with van der Waals surface area (Å²) in [7, 11) is 0. The molecule has 1 aromatic rings. The SMILES string of the molecule is CCOc1cncc(C(=O)C2(C)CCCO2)c1. The van der Waals surface area contributed by atoms with Gasteiger partial charge in [0.15, 0.2) is 5.78 Å². The molecule has 4 heteroatoms. The van der Waals surface area contributed by atoms with Crippen molar-refractivity contribution in [1.82, 2.24) is 4.98 Å². The summed E-state index contributed by atoms with van der Waals surface area (Å²) in [6.45, 7) is 4.96. The number of Topliss-reactive ketones (excluding diaryl/α,β-unsaturated/α-hetero) is 1. The number of ether oxygens (including phenoxy) is 2. The van der Waals surface area contributed by atoms with Crippen molar-refractivity contribution in [2.24, 2.45) is 0 Å². The summed E-state index contributed by atoms with van der Waals surface area (Å²) in [5.74, 6) is 0.615. The second-order valence-electron chi connectivity index (χ2n) is 4.35. The van der Waals surface area contributed by atoms with Gasteiger partial charge in [0, 0.05) is 18.4 Å². The van der Waals surface area contributed by atoms with Gasteiger partial charge in [-0.25, -0.2) is 0 Å². The second-order valence-corrected chi connectivity index (χ2v) is 4.35. The molecular weight excluding hydrogens is 218 g/mol. The van der Waals surface area contributed by atoms with Gasteiger partial charge >= 0.3 is 0 Å². The fourth-order valence-electron chi connectivity index (χ4n) is 2.05. The van der Waals surface area contributed by atoms with Gasteiger partial charge in [-0.15, -0.1) is 0 Å². The van der Waals surface area contributed by atoms with Gasteiger partial charge in [-0.1, -0.05) is 0 Å². The molecule has 0 spiro atoms. The van der Waals surface area contributed by atoms with Gasteiger partial charge in [-0.3, -0.25) is 9.78 Å². The molecule has 2 rings (SSSR count). The Bertz CT molecular complexity index is 411. The summed E-state index contributed by atoms with van der Waals surface area (Å²) >= 11 is 0. The van der Waals surface area contributed by atoms with E-state index in [1.54, 1.807) is 18.5 Å². The highest BCUT2D eigenvalue weighted by molar-refractivity contribution is 6.02. The molecule has 1 saturated heterocycles. The standard InChI is InChI=1S/C13H17NO3/c1-3-16-11-7-10(8-14-9-11)12(15)13(2)5-4-6-17-13/h7-9H,3-6H2,1-2H3. The predicted octanol–water partition coefficient (Wildman–Crippen LogP) is 2.23. The van der Waals surface area contributed by atoms with Crippen molar-refractivity contribution in [3.8, 4) is 5.75 Å². The molecule has 0 aliphatic carbocycles. The molecule has 1 atom stereocenters. The third-order valence-corrected chi connectivity index (χ3v) is 2.99. The van der Waals surface area contributed by atoms with E-state index < -0.39 is 5.60 Å². The van der Waals surface area contributed by atoms with Gasteiger partial charge in [0.05, 0.1) is 12.8 Å². The van der Waals surface area contributed by atoms with Crippen molar-refractivity contribution in [2.45, 2.75) is 32.3 Å². The third-order valence-electron chi connectivity index (χ3n) is 2.99. The zero-order chi connectivity index (χ0) is 12.3. The average Bonchev–Trinajstić information content (AvgIpc) is 2.77. The molecule has 17 heavy (non-hydrogen) atoms. The minimum atomic E-state index is -0.688. The molecule has 4 nitrogen and oxygen atoms in total. The van der Waals surface area contributed by atoms with Gasteiger partial charge in [-0.05, 0) is 32.8 Å². The van der Waals surface area contributed by atoms with Crippen LogP contribution in [0, 0.1) is 0 Å². The van der Waals surface area contributed by atoms with Crippen LogP contribution in [0.2, 0.25) is 0 Å². The number of pyridine rings is 1. The molecule has 0 N–H and O–H groups in total. The highest BCUT2D eigenvalue weighted by atomic mass is 16.5. The van der Waals surface area contributed by atoms with Crippen molar-refractivity contribution in [3.05, 3.63) is 24.0 Å². The summed E-state index contributed by atoms with van der Waals surface area (Å²) in [6.07, 6.45) is 4.88. The number of ketones is 1. The Kier molecular flexibility index (Phi) is 3.43. The van der Waals surface area contributed by atoms with Gasteiger partial charge < -0.3 is 9.47 Å². The first-order valence-corrected chi connectivity index (χ1v) is 5.92. The first-order valence-electron chi connectivity index (χ1n) is 5.92. The molecular formula is C13H17NO3. The number of rotatable bonds is 4. The Morgan fingerprint density at radius 2 is 2.41 bits per heavy atom. The van der Waals surface area contributed by atoms with Crippen molar-refractivity contribution in [1.29, 1.82) is 0 Å². The zero-order valence-corrected chi connectivity index (χ0v) is 10.2. The Hall–Kier alpha value is -1.42. The minimum Gasteiger partial charge on any atom is -0.492 e. The Morgan fingerprint density at radius 1 is 1.59 bits per heavy atom. The summed E-state index contributed by atoms with van der Waals surface area (Å²) in [5, 5.41) is 0. The maximum Gasteiger partial charge on any atom is 0.196 e. The first kappa shape index (κ1) is 12.0. The van der Waals surface area contributed by atoms with Gasteiger partial charge in [0.1, 0.15) is 11.4 Å². The van der Waals surface area contributed by atoms with Gasteiger partial charge in [-0.2, -0.15) is 0 Å². The number of aromatic nitrogens is 1. The highest BCUT2D eigenvalue weighted by Crippen LogP contribution is 2.29. The molecule has 92 valence electrons. The summed E-state index contributed by atoms with van der Waals surface area (Å²) in [5.41, 5.74) is -0.132. The van der Waals surface area contributed by atoms with Crippen LogP contribution < -0.4 is 4.74 Å². The number of nitrogens with zero attached hydrogens (tertiary/aromatic N) is 1. The van der Waals surface area contributed by atoms with Crippen LogP contribution >= 0.6 is 0 Å². The molecule has 0 saturated carbocycles. The lowest BCUT2D eigenvalue weighted by molar-refractivity contribution is 0.0213. The molecule has 1 aliphatic rings. The van der Waals surface area contributed by atoms with Crippen LogP contribution in [0.25, 0.3) is 0 Å². The molecule has 0 aromatic carbocycles. The smallest absolute Gasteiger partial charge is 0.196 e. The fraction of sp³-hybridized carbons (Fsp3) is 0.538. The van der Waals surface area contributed by atoms with E-state index in [1.807, 2.05) is 13.8 Å². The minimum absolute atomic E-state index is 0.0101. The molecule has 1 aromatic heterocycles. The number of carbonyl (C=O) groups is 1. The van der Waals surface area contributed by atoms with E-state index >= 15 is 0 Å². The van der Waals surface area contributed by atoms with Crippen LogP contribution in [0.15, 0.2) is 18.5 Å². The normalized spacial score (nSPS) is 23.6. The molecule has 1 fully saturated rings. The fourth-order valence-corrected chi connectivity index (χ4v) is 2.05. The van der Waals surface area contributed by atoms with Gasteiger partial charge in [0.25, 0.3) is 0 Å². The molecule has 0 radical (unpaired) electrons. The van der Waals surface area contributed by atoms with E-state index in [1.165, 1.54) is 0 Å². The van der Waals surface area contributed by atoms with E-state index in [4.69, 9.17) is 9.47 Å². The zero-order valence-electron chi connectivity index (χ0n) is 10.2. The van der Waals surface area contributed by atoms with Crippen LogP contribution in [-0.4, -0.2) is 29.6 Å². The predicted molar refractivity (Wildman–Crippen MR) is 63.3 cm³/mol. The Morgan fingerprint density at radius 3 is 3.06 bits per heavy atom. The molecule has 2 heterocycles. The maximum atomic E-state index is 12.3. The van der Waals surface area contributed by atoms with Crippen molar-refractivity contribution >= 4 is 5.78 Å². The Balaban J connectivity index is 2.21. The quantitative estimate of drug-likeness (QED) is 0.751. The highest BCUT2D eigenvalue weighted by Gasteiger charge is 2.38. The third kappa shape index (κ3) is 2.47. The summed E-state index contributed by atoms with van der Waals surface area (Å²) in [4.78, 5) is 16.3. The molecule has 1 aliphatic heterocycles. The first-order chi connectivity index (χ1) is 8.15. The van der Waals surface area contributed by atoms with Crippen LogP contribution in [0.5, 0.6) is 5.75 Å². The van der Waals surface area contributed by atoms with E-state index in [0.717, 1.165) is 12.8 Å². The van der Waals surface area contributed by atoms with E-state index in [9.17, 15) is 4.79 Å². The Labute approximate surface area is 101 Å². The monoisotopic (exact) mass is 235 g/mol. The largest absolute Gasteiger partial charge is 0.492 e. The van der Waals surface area contributed by atoms with E-state index in [-0.39, 0.29) is 5.78 Å². The van der Waals surface area contributed by atoms with Crippen molar-refractivity contribution in [2.75, 3.05) is 13.2 Å². The number of hydrogen-bond acceptors (Lipinski definition) is 4. The van der Waals surface area contributed by atoms with Crippen LogP contribution in [0.4, 0.5) is 0 Å². The number of hydrogen-bond donors (Lipinski definition) is 0. The maximum absolute atomic E-state index is 12.3. The molecule has 0 bridgehead atoms. The van der Waals surface area contributed by atoms with Crippen molar-refractivity contribution in [3.63, 3.8) is 0 Å². The van der Waals surface area contributed by atoms with Crippen LogP contribution in [-0.2, 0) is 4.74 Å². The lowest BCUT2D eigenvalue weighted by Crippen LogP contribution is -2.34. The van der Waals surface area contributed by atoms with Crippen molar-refractivity contribution < 1.29 is 14.3 Å². The molecule has 0 amide bonds.